The lowest BCUT2D eigenvalue weighted by atomic mass is 9.86. The average molecular weight is 281 g/mol. The van der Waals surface area contributed by atoms with Gasteiger partial charge in [0.05, 0.1) is 12.2 Å². The van der Waals surface area contributed by atoms with Gasteiger partial charge in [0.25, 0.3) is 0 Å². The van der Waals surface area contributed by atoms with Crippen LogP contribution in [0.4, 0.5) is 5.82 Å². The summed E-state index contributed by atoms with van der Waals surface area (Å²) in [6.45, 7) is 12.3. The molecular formula is C15H27N3O2. The van der Waals surface area contributed by atoms with Crippen LogP contribution in [0.1, 0.15) is 46.7 Å². The molecule has 1 aromatic rings. The highest BCUT2D eigenvalue weighted by Gasteiger charge is 2.20. The third kappa shape index (κ3) is 5.06. The van der Waals surface area contributed by atoms with E-state index in [1.807, 2.05) is 19.9 Å². The largest absolute Gasteiger partial charge is 0.365 e. The number of anilines is 1. The summed E-state index contributed by atoms with van der Waals surface area (Å²) in [5, 5.41) is 3.25. The van der Waals surface area contributed by atoms with Crippen LogP contribution in [0.5, 0.6) is 0 Å². The van der Waals surface area contributed by atoms with Gasteiger partial charge in [0.1, 0.15) is 12.1 Å². The van der Waals surface area contributed by atoms with Crippen molar-refractivity contribution < 1.29 is 9.47 Å². The van der Waals surface area contributed by atoms with Crippen LogP contribution >= 0.6 is 0 Å². The molecule has 1 heterocycles. The molecule has 0 bridgehead atoms. The number of rotatable bonds is 9. The molecule has 0 saturated carbocycles. The molecule has 1 rings (SSSR count). The molecule has 0 spiro atoms. The van der Waals surface area contributed by atoms with Gasteiger partial charge in [-0.15, -0.1) is 0 Å². The van der Waals surface area contributed by atoms with Crippen molar-refractivity contribution in [3.63, 3.8) is 0 Å². The lowest BCUT2D eigenvalue weighted by molar-refractivity contribution is -0.126. The summed E-state index contributed by atoms with van der Waals surface area (Å²) in [4.78, 5) is 8.61. The first kappa shape index (κ1) is 16.9. The Bertz CT molecular complexity index is 390. The summed E-state index contributed by atoms with van der Waals surface area (Å²) in [5.74, 6) is 0.806. The van der Waals surface area contributed by atoms with Crippen LogP contribution in [0, 0.1) is 0 Å². The summed E-state index contributed by atoms with van der Waals surface area (Å²) >= 11 is 0. The molecule has 5 heteroatoms. The Labute approximate surface area is 122 Å². The van der Waals surface area contributed by atoms with Crippen molar-refractivity contribution >= 4 is 5.82 Å². The normalized spacial score (nSPS) is 11.9. The number of aromatic nitrogens is 2. The molecule has 1 aromatic heterocycles. The molecule has 0 unspecified atom stereocenters. The summed E-state index contributed by atoms with van der Waals surface area (Å²) in [6.07, 6.45) is 2.39. The van der Waals surface area contributed by atoms with E-state index in [-0.39, 0.29) is 11.7 Å². The van der Waals surface area contributed by atoms with Gasteiger partial charge in [-0.05, 0) is 20.3 Å². The lowest BCUT2D eigenvalue weighted by Crippen LogP contribution is -2.27. The highest BCUT2D eigenvalue weighted by Crippen LogP contribution is 2.25. The summed E-state index contributed by atoms with van der Waals surface area (Å²) in [7, 11) is 0. The smallest absolute Gasteiger partial charge is 0.174 e. The van der Waals surface area contributed by atoms with E-state index in [0.29, 0.717) is 19.8 Å². The van der Waals surface area contributed by atoms with Crippen LogP contribution in [0.3, 0.4) is 0 Å². The quantitative estimate of drug-likeness (QED) is 0.705. The molecule has 0 aromatic carbocycles. The fourth-order valence-corrected chi connectivity index (χ4v) is 1.73. The Morgan fingerprint density at radius 2 is 1.80 bits per heavy atom. The van der Waals surface area contributed by atoms with Crippen molar-refractivity contribution in [3.8, 4) is 0 Å². The van der Waals surface area contributed by atoms with E-state index in [4.69, 9.17) is 9.47 Å². The molecule has 114 valence electrons. The van der Waals surface area contributed by atoms with Gasteiger partial charge in [0.15, 0.2) is 6.29 Å². The van der Waals surface area contributed by atoms with E-state index in [0.717, 1.165) is 17.9 Å². The van der Waals surface area contributed by atoms with Gasteiger partial charge in [0.2, 0.25) is 0 Å². The molecule has 0 aliphatic rings. The van der Waals surface area contributed by atoms with E-state index in [1.54, 1.807) is 6.33 Å². The van der Waals surface area contributed by atoms with Crippen LogP contribution in [0.2, 0.25) is 0 Å². The number of nitrogens with zero attached hydrogens (tertiary/aromatic N) is 2. The number of hydrogen-bond donors (Lipinski definition) is 1. The predicted octanol–water partition coefficient (Wildman–Crippen LogP) is 2.98. The summed E-state index contributed by atoms with van der Waals surface area (Å²) in [5.41, 5.74) is 1.10. The van der Waals surface area contributed by atoms with E-state index in [1.165, 1.54) is 0 Å². The van der Waals surface area contributed by atoms with Gasteiger partial charge < -0.3 is 14.8 Å². The maximum absolute atomic E-state index is 5.49. The Morgan fingerprint density at radius 3 is 2.35 bits per heavy atom. The van der Waals surface area contributed by atoms with Crippen LogP contribution in [0.25, 0.3) is 0 Å². The SMILES string of the molecule is CCOC(CNc1cc(C(C)(C)CC)ncn1)OCC. The third-order valence-corrected chi connectivity index (χ3v) is 3.40. The first-order valence-corrected chi connectivity index (χ1v) is 7.33. The second kappa shape index (κ2) is 8.17. The molecule has 0 atom stereocenters. The highest BCUT2D eigenvalue weighted by molar-refractivity contribution is 5.36. The van der Waals surface area contributed by atoms with Crippen molar-refractivity contribution in [2.24, 2.45) is 0 Å². The molecule has 0 saturated heterocycles. The van der Waals surface area contributed by atoms with Gasteiger partial charge in [0, 0.05) is 24.7 Å². The third-order valence-electron chi connectivity index (χ3n) is 3.40. The summed E-state index contributed by atoms with van der Waals surface area (Å²) in [6, 6.07) is 2.00. The standard InChI is InChI=1S/C15H27N3O2/c1-6-15(4,5)12-9-13(18-11-17-12)16-10-14(19-7-2)20-8-3/h9,11,14H,6-8,10H2,1-5H3,(H,16,17,18). The van der Waals surface area contributed by atoms with Crippen LogP contribution in [-0.2, 0) is 14.9 Å². The number of nitrogens with one attached hydrogen (secondary N) is 1. The van der Waals surface area contributed by atoms with Crippen LogP contribution in [-0.4, -0.2) is 36.0 Å². The van der Waals surface area contributed by atoms with Crippen molar-refractivity contribution in [3.05, 3.63) is 18.1 Å². The van der Waals surface area contributed by atoms with Crippen molar-refractivity contribution in [1.29, 1.82) is 0 Å². The molecule has 0 amide bonds. The van der Waals surface area contributed by atoms with E-state index >= 15 is 0 Å². The fourth-order valence-electron chi connectivity index (χ4n) is 1.73. The molecule has 20 heavy (non-hydrogen) atoms. The van der Waals surface area contributed by atoms with Gasteiger partial charge in [-0.25, -0.2) is 9.97 Å². The van der Waals surface area contributed by atoms with Gasteiger partial charge in [-0.1, -0.05) is 20.8 Å². The molecular weight excluding hydrogens is 254 g/mol. The van der Waals surface area contributed by atoms with Crippen molar-refractivity contribution in [2.45, 2.75) is 52.7 Å². The van der Waals surface area contributed by atoms with Crippen LogP contribution < -0.4 is 5.32 Å². The predicted molar refractivity (Wildman–Crippen MR) is 80.9 cm³/mol. The van der Waals surface area contributed by atoms with E-state index in [9.17, 15) is 0 Å². The van der Waals surface area contributed by atoms with Gasteiger partial charge >= 0.3 is 0 Å². The maximum atomic E-state index is 5.49. The molecule has 0 fully saturated rings. The first-order chi connectivity index (χ1) is 9.53. The van der Waals surface area contributed by atoms with E-state index in [2.05, 4.69) is 36.1 Å². The first-order valence-electron chi connectivity index (χ1n) is 7.33. The minimum atomic E-state index is -0.248. The molecule has 5 nitrogen and oxygen atoms in total. The summed E-state index contributed by atoms with van der Waals surface area (Å²) < 4.78 is 11.0. The van der Waals surface area contributed by atoms with Crippen LogP contribution in [0.15, 0.2) is 12.4 Å². The highest BCUT2D eigenvalue weighted by atomic mass is 16.7. The van der Waals surface area contributed by atoms with Gasteiger partial charge in [-0.3, -0.25) is 0 Å². The number of ether oxygens (including phenoxy) is 2. The topological polar surface area (TPSA) is 56.3 Å². The Balaban J connectivity index is 2.66. The minimum absolute atomic E-state index is 0.0542. The fraction of sp³-hybridized carbons (Fsp3) is 0.733. The Hall–Kier alpha value is -1.20. The molecule has 1 N–H and O–H groups in total. The zero-order valence-corrected chi connectivity index (χ0v) is 13.3. The zero-order valence-electron chi connectivity index (χ0n) is 13.3. The maximum Gasteiger partial charge on any atom is 0.174 e. The zero-order chi connectivity index (χ0) is 15.0. The lowest BCUT2D eigenvalue weighted by Gasteiger charge is -2.22. The van der Waals surface area contributed by atoms with E-state index < -0.39 is 0 Å². The minimum Gasteiger partial charge on any atom is -0.365 e. The molecule has 0 aliphatic heterocycles. The second-order valence-corrected chi connectivity index (χ2v) is 5.25. The van der Waals surface area contributed by atoms with Crippen molar-refractivity contribution in [1.82, 2.24) is 9.97 Å². The van der Waals surface area contributed by atoms with Gasteiger partial charge in [-0.2, -0.15) is 0 Å². The molecule has 0 aliphatic carbocycles. The van der Waals surface area contributed by atoms with Crippen molar-refractivity contribution in [2.75, 3.05) is 25.1 Å². The average Bonchev–Trinajstić information content (AvgIpc) is 2.45. The molecule has 0 radical (unpaired) electrons. The Morgan fingerprint density at radius 1 is 1.15 bits per heavy atom. The monoisotopic (exact) mass is 281 g/mol. The number of hydrogen-bond acceptors (Lipinski definition) is 5. The Kier molecular flexibility index (Phi) is 6.88. The second-order valence-electron chi connectivity index (χ2n) is 5.25.